The molecule has 0 N–H and O–H groups in total. The monoisotopic (exact) mass is 266 g/mol. The molecule has 0 aliphatic carbocycles. The predicted octanol–water partition coefficient (Wildman–Crippen LogP) is 3.66. The maximum Gasteiger partial charge on any atom is 0.118 e. The summed E-state index contributed by atoms with van der Waals surface area (Å²) in [4.78, 5) is 0. The van der Waals surface area contributed by atoms with Gasteiger partial charge >= 0.3 is 0 Å². The Hall–Kier alpha value is -2.40. The molecule has 2 heteroatoms. The molecule has 2 aromatic carbocycles. The van der Waals surface area contributed by atoms with Gasteiger partial charge in [0.1, 0.15) is 11.5 Å². The molecular formula is C18H18O2. The van der Waals surface area contributed by atoms with E-state index in [9.17, 15) is 0 Å². The molecular weight excluding hydrogens is 248 g/mol. The topological polar surface area (TPSA) is 18.5 Å². The molecule has 1 atom stereocenters. The van der Waals surface area contributed by atoms with E-state index in [-0.39, 0.29) is 5.92 Å². The highest BCUT2D eigenvalue weighted by Gasteiger charge is 2.09. The number of terminal acetylenes is 1. The van der Waals surface area contributed by atoms with Gasteiger partial charge in [-0.3, -0.25) is 0 Å². The molecule has 2 aromatic rings. The Morgan fingerprint density at radius 3 is 1.85 bits per heavy atom. The molecule has 0 amide bonds. The van der Waals surface area contributed by atoms with Crippen molar-refractivity contribution in [2.24, 2.45) is 0 Å². The Morgan fingerprint density at radius 2 is 1.40 bits per heavy atom. The molecule has 0 aliphatic rings. The molecule has 0 bridgehead atoms. The van der Waals surface area contributed by atoms with Gasteiger partial charge in [-0.15, -0.1) is 6.42 Å². The Bertz CT molecular complexity index is 576. The number of ether oxygens (including phenoxy) is 2. The summed E-state index contributed by atoms with van der Waals surface area (Å²) < 4.78 is 10.3. The zero-order valence-electron chi connectivity index (χ0n) is 11.8. The van der Waals surface area contributed by atoms with Crippen molar-refractivity contribution in [3.05, 3.63) is 59.7 Å². The van der Waals surface area contributed by atoms with Crippen molar-refractivity contribution in [1.29, 1.82) is 0 Å². The fourth-order valence-corrected chi connectivity index (χ4v) is 2.11. The highest BCUT2D eigenvalue weighted by molar-refractivity contribution is 5.35. The molecule has 2 nitrogen and oxygen atoms in total. The lowest BCUT2D eigenvalue weighted by atomic mass is 9.92. The number of methoxy groups -OCH3 is 2. The third-order valence-corrected chi connectivity index (χ3v) is 3.32. The lowest BCUT2D eigenvalue weighted by molar-refractivity contribution is 0.414. The zero-order valence-corrected chi connectivity index (χ0v) is 11.8. The minimum absolute atomic E-state index is 0.0642. The molecule has 0 heterocycles. The SMILES string of the molecule is C#CC(Cc1ccc(OC)cc1)c1ccc(OC)cc1. The minimum Gasteiger partial charge on any atom is -0.497 e. The third-order valence-electron chi connectivity index (χ3n) is 3.32. The van der Waals surface area contributed by atoms with Gasteiger partial charge in [0.15, 0.2) is 0 Å². The maximum absolute atomic E-state index is 5.67. The van der Waals surface area contributed by atoms with E-state index < -0.39 is 0 Å². The molecule has 1 unspecified atom stereocenters. The number of hydrogen-bond donors (Lipinski definition) is 0. The summed E-state index contributed by atoms with van der Waals surface area (Å²) in [6.45, 7) is 0. The van der Waals surface area contributed by atoms with Crippen molar-refractivity contribution >= 4 is 0 Å². The van der Waals surface area contributed by atoms with Crippen molar-refractivity contribution in [2.45, 2.75) is 12.3 Å². The molecule has 0 aliphatic heterocycles. The quantitative estimate of drug-likeness (QED) is 0.769. The summed E-state index contributed by atoms with van der Waals surface area (Å²) >= 11 is 0. The second-order valence-electron chi connectivity index (χ2n) is 4.54. The Kier molecular flexibility index (Phi) is 4.68. The number of benzene rings is 2. The average Bonchev–Trinajstić information content (AvgIpc) is 2.53. The van der Waals surface area contributed by atoms with Gasteiger partial charge < -0.3 is 9.47 Å². The second-order valence-corrected chi connectivity index (χ2v) is 4.54. The Balaban J connectivity index is 2.13. The first kappa shape index (κ1) is 14.0. The van der Waals surface area contributed by atoms with Gasteiger partial charge in [-0.1, -0.05) is 30.2 Å². The van der Waals surface area contributed by atoms with Crippen LogP contribution in [0.5, 0.6) is 11.5 Å². The Labute approximate surface area is 120 Å². The zero-order chi connectivity index (χ0) is 14.4. The van der Waals surface area contributed by atoms with Crippen LogP contribution in [0.3, 0.4) is 0 Å². The van der Waals surface area contributed by atoms with Crippen LogP contribution in [0.2, 0.25) is 0 Å². The van der Waals surface area contributed by atoms with E-state index in [0.717, 1.165) is 23.5 Å². The highest BCUT2D eigenvalue weighted by atomic mass is 16.5. The first-order valence-corrected chi connectivity index (χ1v) is 6.50. The molecule has 0 spiro atoms. The summed E-state index contributed by atoms with van der Waals surface area (Å²) in [6.07, 6.45) is 6.49. The highest BCUT2D eigenvalue weighted by Crippen LogP contribution is 2.23. The van der Waals surface area contributed by atoms with Crippen molar-refractivity contribution in [3.8, 4) is 23.8 Å². The second kappa shape index (κ2) is 6.68. The number of hydrogen-bond acceptors (Lipinski definition) is 2. The van der Waals surface area contributed by atoms with Crippen LogP contribution in [0.4, 0.5) is 0 Å². The minimum atomic E-state index is 0.0642. The summed E-state index contributed by atoms with van der Waals surface area (Å²) in [5, 5.41) is 0. The first-order valence-electron chi connectivity index (χ1n) is 6.50. The first-order chi connectivity index (χ1) is 9.76. The van der Waals surface area contributed by atoms with Crippen LogP contribution in [0.1, 0.15) is 17.0 Å². The molecule has 0 fully saturated rings. The fraction of sp³-hybridized carbons (Fsp3) is 0.222. The van der Waals surface area contributed by atoms with Crippen molar-refractivity contribution in [2.75, 3.05) is 14.2 Å². The Morgan fingerprint density at radius 1 is 0.900 bits per heavy atom. The van der Waals surface area contributed by atoms with Gasteiger partial charge in [-0.2, -0.15) is 0 Å². The molecule has 0 radical (unpaired) electrons. The van der Waals surface area contributed by atoms with E-state index >= 15 is 0 Å². The maximum atomic E-state index is 5.67. The van der Waals surface area contributed by atoms with Gasteiger partial charge in [-0.05, 0) is 41.8 Å². The summed E-state index contributed by atoms with van der Waals surface area (Å²) in [7, 11) is 3.32. The normalized spacial score (nSPS) is 11.4. The largest absolute Gasteiger partial charge is 0.497 e. The lowest BCUT2D eigenvalue weighted by Crippen LogP contribution is -2.00. The smallest absolute Gasteiger partial charge is 0.118 e. The lowest BCUT2D eigenvalue weighted by Gasteiger charge is -2.12. The third kappa shape index (κ3) is 3.33. The number of rotatable bonds is 5. The van der Waals surface area contributed by atoms with Crippen molar-refractivity contribution in [1.82, 2.24) is 0 Å². The molecule has 102 valence electrons. The van der Waals surface area contributed by atoms with Gasteiger partial charge in [0.2, 0.25) is 0 Å². The predicted molar refractivity (Wildman–Crippen MR) is 81.3 cm³/mol. The van der Waals surface area contributed by atoms with Crippen LogP contribution >= 0.6 is 0 Å². The fourth-order valence-electron chi connectivity index (χ4n) is 2.11. The van der Waals surface area contributed by atoms with Gasteiger partial charge in [0.05, 0.1) is 14.2 Å². The van der Waals surface area contributed by atoms with Crippen LogP contribution in [-0.4, -0.2) is 14.2 Å². The summed E-state index contributed by atoms with van der Waals surface area (Å²) in [5.41, 5.74) is 2.33. The van der Waals surface area contributed by atoms with Gasteiger partial charge in [0, 0.05) is 5.92 Å². The van der Waals surface area contributed by atoms with Crippen LogP contribution in [0.15, 0.2) is 48.5 Å². The average molecular weight is 266 g/mol. The van der Waals surface area contributed by atoms with Gasteiger partial charge in [-0.25, -0.2) is 0 Å². The van der Waals surface area contributed by atoms with E-state index in [1.54, 1.807) is 14.2 Å². The van der Waals surface area contributed by atoms with E-state index in [1.165, 1.54) is 5.56 Å². The van der Waals surface area contributed by atoms with Crippen LogP contribution in [0.25, 0.3) is 0 Å². The molecule has 20 heavy (non-hydrogen) atoms. The van der Waals surface area contributed by atoms with Crippen LogP contribution in [-0.2, 0) is 6.42 Å². The van der Waals surface area contributed by atoms with E-state index in [2.05, 4.69) is 5.92 Å². The van der Waals surface area contributed by atoms with E-state index in [0.29, 0.717) is 0 Å². The van der Waals surface area contributed by atoms with Crippen LogP contribution < -0.4 is 9.47 Å². The van der Waals surface area contributed by atoms with E-state index in [4.69, 9.17) is 15.9 Å². The van der Waals surface area contributed by atoms with E-state index in [1.807, 2.05) is 48.5 Å². The van der Waals surface area contributed by atoms with Gasteiger partial charge in [0.25, 0.3) is 0 Å². The molecule has 0 aromatic heterocycles. The summed E-state index contributed by atoms with van der Waals surface area (Å²) in [6, 6.07) is 15.9. The standard InChI is InChI=1S/C18H18O2/c1-4-15(16-7-11-18(20-3)12-8-16)13-14-5-9-17(19-2)10-6-14/h1,5-12,15H,13H2,2-3H3. The molecule has 0 saturated carbocycles. The molecule has 0 saturated heterocycles. The summed E-state index contributed by atoms with van der Waals surface area (Å²) in [5.74, 6) is 4.62. The van der Waals surface area contributed by atoms with Crippen molar-refractivity contribution < 1.29 is 9.47 Å². The van der Waals surface area contributed by atoms with Crippen molar-refractivity contribution in [3.63, 3.8) is 0 Å². The van der Waals surface area contributed by atoms with Crippen LogP contribution in [0, 0.1) is 12.3 Å². The molecule has 2 rings (SSSR count).